The van der Waals surface area contributed by atoms with Crippen LogP contribution in [0.5, 0.6) is 0 Å². The quantitative estimate of drug-likeness (QED) is 0.626. The highest BCUT2D eigenvalue weighted by molar-refractivity contribution is 7.08. The number of hydrogen-bond acceptors (Lipinski definition) is 6. The topological polar surface area (TPSA) is 65.7 Å². The van der Waals surface area contributed by atoms with E-state index in [0.29, 0.717) is 5.76 Å². The summed E-state index contributed by atoms with van der Waals surface area (Å²) in [6.07, 6.45) is 3.01. The van der Waals surface area contributed by atoms with E-state index in [0.717, 1.165) is 5.56 Å². The van der Waals surface area contributed by atoms with Gasteiger partial charge in [0.1, 0.15) is 12.4 Å². The van der Waals surface area contributed by atoms with Crippen molar-refractivity contribution in [3.63, 3.8) is 0 Å². The first-order valence-electron chi connectivity index (χ1n) is 5.73. The summed E-state index contributed by atoms with van der Waals surface area (Å²) in [5.41, 5.74) is 0.943. The Labute approximate surface area is 119 Å². The highest BCUT2D eigenvalue weighted by Gasteiger charge is 2.11. The fourth-order valence-electron chi connectivity index (χ4n) is 1.39. The maximum absolute atomic E-state index is 11.5. The summed E-state index contributed by atoms with van der Waals surface area (Å²) in [5.74, 6) is -0.595. The number of ether oxygens (including phenoxy) is 2. The third-order valence-corrected chi connectivity index (χ3v) is 3.06. The van der Waals surface area contributed by atoms with Gasteiger partial charge in [-0.15, -0.1) is 0 Å². The number of methoxy groups -OCH3 is 1. The van der Waals surface area contributed by atoms with Crippen LogP contribution in [0, 0.1) is 0 Å². The fraction of sp³-hybridized carbons (Fsp3) is 0.143. The molecule has 0 aliphatic heterocycles. The molecule has 0 aromatic carbocycles. The lowest BCUT2D eigenvalue weighted by atomic mass is 10.3. The van der Waals surface area contributed by atoms with Crippen LogP contribution in [0.1, 0.15) is 21.9 Å². The zero-order valence-electron chi connectivity index (χ0n) is 10.7. The molecule has 0 radical (unpaired) electrons. The number of furan rings is 1. The van der Waals surface area contributed by atoms with Crippen LogP contribution in [0.15, 0.2) is 39.5 Å². The van der Waals surface area contributed by atoms with Crippen LogP contribution < -0.4 is 0 Å². The molecule has 20 heavy (non-hydrogen) atoms. The van der Waals surface area contributed by atoms with Gasteiger partial charge in [-0.3, -0.25) is 0 Å². The molecule has 0 unspecified atom stereocenters. The van der Waals surface area contributed by atoms with Crippen molar-refractivity contribution in [3.05, 3.63) is 52.1 Å². The van der Waals surface area contributed by atoms with Crippen LogP contribution in [0.2, 0.25) is 0 Å². The maximum Gasteiger partial charge on any atom is 0.373 e. The first kappa shape index (κ1) is 14.1. The van der Waals surface area contributed by atoms with Gasteiger partial charge >= 0.3 is 11.9 Å². The fourth-order valence-corrected chi connectivity index (χ4v) is 2.02. The first-order chi connectivity index (χ1) is 9.69. The molecule has 2 aromatic rings. The molecule has 0 fully saturated rings. The summed E-state index contributed by atoms with van der Waals surface area (Å²) in [4.78, 5) is 22.6. The molecular weight excluding hydrogens is 280 g/mol. The van der Waals surface area contributed by atoms with Gasteiger partial charge in [-0.05, 0) is 40.6 Å². The normalized spacial score (nSPS) is 10.7. The molecule has 0 N–H and O–H groups in total. The molecule has 6 heteroatoms. The zero-order chi connectivity index (χ0) is 14.4. The lowest BCUT2D eigenvalue weighted by molar-refractivity contribution is -0.139. The van der Waals surface area contributed by atoms with Crippen molar-refractivity contribution in [2.75, 3.05) is 7.11 Å². The number of rotatable bonds is 5. The molecule has 0 aliphatic rings. The second kappa shape index (κ2) is 6.72. The maximum atomic E-state index is 11.5. The minimum atomic E-state index is -0.570. The smallest absolute Gasteiger partial charge is 0.373 e. The summed E-state index contributed by atoms with van der Waals surface area (Å²) in [6.45, 7) is -0.0379. The van der Waals surface area contributed by atoms with Gasteiger partial charge in [-0.2, -0.15) is 11.3 Å². The van der Waals surface area contributed by atoms with Gasteiger partial charge in [0.2, 0.25) is 5.76 Å². The standard InChI is InChI=1S/C14H12O5S/c1-17-14(16)12-4-3-11(19-12)8-18-13(15)5-2-10-6-7-20-9-10/h2-7,9H,8H2,1H3/b5-2+. The first-order valence-corrected chi connectivity index (χ1v) is 6.67. The predicted molar refractivity (Wildman–Crippen MR) is 73.2 cm³/mol. The van der Waals surface area contributed by atoms with Crippen molar-refractivity contribution >= 4 is 29.4 Å². The Balaban J connectivity index is 1.84. The van der Waals surface area contributed by atoms with Crippen LogP contribution >= 0.6 is 11.3 Å². The Morgan fingerprint density at radius 2 is 2.20 bits per heavy atom. The molecule has 0 spiro atoms. The van der Waals surface area contributed by atoms with Crippen molar-refractivity contribution in [2.45, 2.75) is 6.61 Å². The van der Waals surface area contributed by atoms with E-state index >= 15 is 0 Å². The zero-order valence-corrected chi connectivity index (χ0v) is 11.5. The molecule has 2 aromatic heterocycles. The second-order valence-corrected chi connectivity index (χ2v) is 4.54. The summed E-state index contributed by atoms with van der Waals surface area (Å²) in [7, 11) is 1.26. The lowest BCUT2D eigenvalue weighted by Crippen LogP contribution is -2.00. The van der Waals surface area contributed by atoms with Crippen molar-refractivity contribution in [1.82, 2.24) is 0 Å². The van der Waals surface area contributed by atoms with Crippen LogP contribution in [-0.2, 0) is 20.9 Å². The van der Waals surface area contributed by atoms with E-state index in [2.05, 4.69) is 4.74 Å². The minimum Gasteiger partial charge on any atom is -0.463 e. The van der Waals surface area contributed by atoms with Crippen LogP contribution in [0.25, 0.3) is 6.08 Å². The van der Waals surface area contributed by atoms with Gasteiger partial charge in [0.15, 0.2) is 0 Å². The average molecular weight is 292 g/mol. The van der Waals surface area contributed by atoms with Crippen LogP contribution in [0.3, 0.4) is 0 Å². The summed E-state index contributed by atoms with van der Waals surface area (Å²) < 4.78 is 14.7. The highest BCUT2D eigenvalue weighted by atomic mass is 32.1. The Morgan fingerprint density at radius 1 is 1.35 bits per heavy atom. The Kier molecular flexibility index (Phi) is 4.73. The van der Waals surface area contributed by atoms with Gasteiger partial charge in [0, 0.05) is 6.08 Å². The van der Waals surface area contributed by atoms with Crippen molar-refractivity contribution in [2.24, 2.45) is 0 Å². The van der Waals surface area contributed by atoms with E-state index in [1.165, 1.54) is 19.3 Å². The van der Waals surface area contributed by atoms with E-state index in [1.54, 1.807) is 23.5 Å². The monoisotopic (exact) mass is 292 g/mol. The Morgan fingerprint density at radius 3 is 2.90 bits per heavy atom. The second-order valence-electron chi connectivity index (χ2n) is 3.76. The van der Waals surface area contributed by atoms with E-state index in [4.69, 9.17) is 9.15 Å². The molecule has 0 aliphatic carbocycles. The van der Waals surface area contributed by atoms with Crippen LogP contribution in [-0.4, -0.2) is 19.0 Å². The van der Waals surface area contributed by atoms with Crippen LogP contribution in [0.4, 0.5) is 0 Å². The van der Waals surface area contributed by atoms with Gasteiger partial charge in [-0.25, -0.2) is 9.59 Å². The largest absolute Gasteiger partial charge is 0.463 e. The molecule has 0 saturated heterocycles. The van der Waals surface area contributed by atoms with Gasteiger partial charge in [0.05, 0.1) is 7.11 Å². The van der Waals surface area contributed by atoms with Crippen molar-refractivity contribution < 1.29 is 23.5 Å². The summed E-state index contributed by atoms with van der Waals surface area (Å²) >= 11 is 1.55. The number of carbonyl (C=O) groups excluding carboxylic acids is 2. The summed E-state index contributed by atoms with van der Waals surface area (Å²) in [5, 5.41) is 3.83. The van der Waals surface area contributed by atoms with E-state index < -0.39 is 11.9 Å². The molecule has 5 nitrogen and oxygen atoms in total. The van der Waals surface area contributed by atoms with Gasteiger partial charge < -0.3 is 13.9 Å². The third-order valence-electron chi connectivity index (χ3n) is 2.36. The predicted octanol–water partition coefficient (Wildman–Crippen LogP) is 2.88. The Hall–Kier alpha value is -2.34. The molecule has 0 saturated carbocycles. The Bertz CT molecular complexity index is 609. The van der Waals surface area contributed by atoms with E-state index in [-0.39, 0.29) is 12.4 Å². The summed E-state index contributed by atoms with van der Waals surface area (Å²) in [6, 6.07) is 4.92. The molecular formula is C14H12O5S. The molecule has 0 atom stereocenters. The van der Waals surface area contributed by atoms with Gasteiger partial charge in [0.25, 0.3) is 0 Å². The third kappa shape index (κ3) is 3.83. The molecule has 0 amide bonds. The molecule has 0 bridgehead atoms. The molecule has 2 heterocycles. The van der Waals surface area contributed by atoms with Crippen molar-refractivity contribution in [1.29, 1.82) is 0 Å². The van der Waals surface area contributed by atoms with E-state index in [1.807, 2.05) is 16.8 Å². The highest BCUT2D eigenvalue weighted by Crippen LogP contribution is 2.11. The van der Waals surface area contributed by atoms with Gasteiger partial charge in [-0.1, -0.05) is 0 Å². The SMILES string of the molecule is COC(=O)c1ccc(COC(=O)/C=C/c2ccsc2)o1. The molecule has 104 valence electrons. The minimum absolute atomic E-state index is 0.0379. The number of carbonyl (C=O) groups is 2. The van der Waals surface area contributed by atoms with E-state index in [9.17, 15) is 9.59 Å². The van der Waals surface area contributed by atoms with Crippen molar-refractivity contribution in [3.8, 4) is 0 Å². The molecule has 2 rings (SSSR count). The number of hydrogen-bond donors (Lipinski definition) is 0. The lowest BCUT2D eigenvalue weighted by Gasteiger charge is -1.98. The number of esters is 2. The average Bonchev–Trinajstić information content (AvgIpc) is 3.13. The number of thiophene rings is 1.